The highest BCUT2D eigenvalue weighted by Gasteiger charge is 2.67. The third-order valence-corrected chi connectivity index (χ3v) is 9.69. The summed E-state index contributed by atoms with van der Waals surface area (Å²) in [5.41, 5.74) is -0.978. The fourth-order valence-corrected chi connectivity index (χ4v) is 7.01. The van der Waals surface area contributed by atoms with Gasteiger partial charge in [0.1, 0.15) is 11.2 Å². The number of likely N-dealkylation sites (tertiary alicyclic amines) is 1. The van der Waals surface area contributed by atoms with E-state index in [9.17, 15) is 31.5 Å². The van der Waals surface area contributed by atoms with Crippen LogP contribution in [0, 0.1) is 11.6 Å². The summed E-state index contributed by atoms with van der Waals surface area (Å²) in [4.78, 5) is 32.4. The maximum Gasteiger partial charge on any atom is 0.401 e. The van der Waals surface area contributed by atoms with Crippen LogP contribution in [0.2, 0.25) is 0 Å². The summed E-state index contributed by atoms with van der Waals surface area (Å²) in [6.07, 6.45) is -1.69. The monoisotopic (exact) mass is 630 g/mol. The largest absolute Gasteiger partial charge is 0.401 e. The number of aryl methyl sites for hydroxylation is 1. The number of imidazole rings is 1. The molecule has 15 heteroatoms. The van der Waals surface area contributed by atoms with Crippen molar-refractivity contribution in [2.75, 3.05) is 13.1 Å². The van der Waals surface area contributed by atoms with Crippen molar-refractivity contribution >= 4 is 17.2 Å². The first kappa shape index (κ1) is 29.4. The van der Waals surface area contributed by atoms with Gasteiger partial charge in [0.2, 0.25) is 0 Å². The molecule has 1 saturated carbocycles. The normalized spacial score (nSPS) is 21.9. The van der Waals surface area contributed by atoms with Crippen LogP contribution in [0.4, 0.5) is 26.7 Å². The standard InChI is InChI=1S/C30H31F5N8O2/c1-40-25-22(6-3-13-36-25)43(28(40)45)18-9-14-41(15-10-18)27(44)37-21-8-7-17(19-4-2-5-20(31)23(19)32)16-42-24(21)38-39-26(42)29(11-12-29)30(33,34)35/h2-6,13,17-18,21H,7-12,14-16H2,1H3,(H,37,44)/t17-,21-/m1/s1. The van der Waals surface area contributed by atoms with Gasteiger partial charge < -0.3 is 14.8 Å². The molecule has 45 heavy (non-hydrogen) atoms. The van der Waals surface area contributed by atoms with Gasteiger partial charge >= 0.3 is 17.9 Å². The van der Waals surface area contributed by atoms with Gasteiger partial charge in [0.05, 0.1) is 11.6 Å². The van der Waals surface area contributed by atoms with Crippen LogP contribution in [0.5, 0.6) is 0 Å². The molecule has 2 atom stereocenters. The van der Waals surface area contributed by atoms with Crippen molar-refractivity contribution in [1.82, 2.24) is 39.1 Å². The molecule has 0 bridgehead atoms. The fraction of sp³-hybridized carbons (Fsp3) is 0.500. The van der Waals surface area contributed by atoms with Crippen LogP contribution in [0.1, 0.15) is 73.7 Å². The van der Waals surface area contributed by atoms with E-state index in [1.54, 1.807) is 28.8 Å². The van der Waals surface area contributed by atoms with Crippen molar-refractivity contribution in [2.24, 2.45) is 7.05 Å². The topological polar surface area (TPSA) is 103 Å². The molecule has 7 rings (SSSR count). The number of amides is 2. The zero-order valence-corrected chi connectivity index (χ0v) is 24.4. The number of nitrogens with zero attached hydrogens (tertiary/aromatic N) is 7. The minimum Gasteiger partial charge on any atom is -0.328 e. The first-order chi connectivity index (χ1) is 21.5. The van der Waals surface area contributed by atoms with Gasteiger partial charge in [-0.2, -0.15) is 13.2 Å². The lowest BCUT2D eigenvalue weighted by atomic mass is 9.92. The molecule has 0 spiro atoms. The summed E-state index contributed by atoms with van der Waals surface area (Å²) in [5, 5.41) is 11.1. The van der Waals surface area contributed by atoms with Gasteiger partial charge in [-0.15, -0.1) is 10.2 Å². The van der Waals surface area contributed by atoms with E-state index >= 15 is 0 Å². The molecule has 3 aromatic heterocycles. The molecule has 3 aliphatic rings. The molecule has 1 aliphatic carbocycles. The van der Waals surface area contributed by atoms with Crippen LogP contribution in [-0.4, -0.2) is 59.1 Å². The molecule has 2 amide bonds. The van der Waals surface area contributed by atoms with Crippen LogP contribution in [0.3, 0.4) is 0 Å². The molecule has 0 unspecified atom stereocenters. The third-order valence-electron chi connectivity index (χ3n) is 9.69. The average molecular weight is 631 g/mol. The molecular formula is C30H31F5N8O2. The number of nitrogens with one attached hydrogen (secondary N) is 1. The van der Waals surface area contributed by atoms with Crippen LogP contribution in [0.25, 0.3) is 11.2 Å². The number of piperidine rings is 1. The SMILES string of the molecule is Cn1c(=O)n(C2CCN(C(=O)N[C@@H]3CC[C@@H](c4cccc(F)c4F)Cn4c3nnc4C3(C(F)(F)F)CC3)CC2)c2cccnc21. The molecular weight excluding hydrogens is 599 g/mol. The highest BCUT2D eigenvalue weighted by atomic mass is 19.4. The van der Waals surface area contributed by atoms with E-state index in [1.165, 1.54) is 21.3 Å². The smallest absolute Gasteiger partial charge is 0.328 e. The second kappa shape index (κ2) is 10.7. The molecule has 1 aromatic carbocycles. The van der Waals surface area contributed by atoms with E-state index in [0.717, 1.165) is 11.6 Å². The summed E-state index contributed by atoms with van der Waals surface area (Å²) in [7, 11) is 1.67. The molecule has 4 aromatic rings. The van der Waals surface area contributed by atoms with Crippen molar-refractivity contribution in [1.29, 1.82) is 0 Å². The zero-order chi connectivity index (χ0) is 31.7. The number of fused-ring (bicyclic) bond motifs is 2. The van der Waals surface area contributed by atoms with E-state index < -0.39 is 41.2 Å². The maximum absolute atomic E-state index is 14.9. The lowest BCUT2D eigenvalue weighted by molar-refractivity contribution is -0.163. The van der Waals surface area contributed by atoms with E-state index in [4.69, 9.17) is 0 Å². The van der Waals surface area contributed by atoms with Crippen molar-refractivity contribution < 1.29 is 26.7 Å². The predicted molar refractivity (Wildman–Crippen MR) is 151 cm³/mol. The Kier molecular flexibility index (Phi) is 6.96. The summed E-state index contributed by atoms with van der Waals surface area (Å²) in [6, 6.07) is 6.05. The Morgan fingerprint density at radius 3 is 2.49 bits per heavy atom. The Morgan fingerprint density at radius 2 is 1.78 bits per heavy atom. The number of urea groups is 1. The molecule has 1 N–H and O–H groups in total. The molecule has 10 nitrogen and oxygen atoms in total. The Hall–Kier alpha value is -4.30. The zero-order valence-electron chi connectivity index (χ0n) is 24.4. The number of halogens is 5. The summed E-state index contributed by atoms with van der Waals surface area (Å²) < 4.78 is 76.2. The Balaban J connectivity index is 1.13. The molecule has 1 saturated heterocycles. The highest BCUT2D eigenvalue weighted by molar-refractivity contribution is 5.75. The highest BCUT2D eigenvalue weighted by Crippen LogP contribution is 2.58. The number of carbonyl (C=O) groups excluding carboxylic acids is 1. The van der Waals surface area contributed by atoms with Crippen molar-refractivity contribution in [3.05, 3.63) is 75.9 Å². The Bertz CT molecular complexity index is 1830. The first-order valence-corrected chi connectivity index (χ1v) is 15.0. The minimum atomic E-state index is -4.56. The number of alkyl halides is 3. The van der Waals surface area contributed by atoms with Gasteiger partial charge in [-0.25, -0.2) is 23.4 Å². The van der Waals surface area contributed by atoms with Gasteiger partial charge in [-0.1, -0.05) is 12.1 Å². The quantitative estimate of drug-likeness (QED) is 0.325. The van der Waals surface area contributed by atoms with Gasteiger partial charge in [-0.05, 0) is 62.3 Å². The summed E-state index contributed by atoms with van der Waals surface area (Å²) >= 11 is 0. The third kappa shape index (κ3) is 4.78. The van der Waals surface area contributed by atoms with Crippen LogP contribution >= 0.6 is 0 Å². The first-order valence-electron chi connectivity index (χ1n) is 15.0. The number of benzene rings is 1. The lowest BCUT2D eigenvalue weighted by Gasteiger charge is -2.33. The van der Waals surface area contributed by atoms with Gasteiger partial charge in [0.25, 0.3) is 0 Å². The van der Waals surface area contributed by atoms with E-state index in [-0.39, 0.29) is 61.2 Å². The predicted octanol–water partition coefficient (Wildman–Crippen LogP) is 4.86. The van der Waals surface area contributed by atoms with E-state index in [1.807, 2.05) is 6.07 Å². The van der Waals surface area contributed by atoms with Gasteiger partial charge in [0.15, 0.2) is 23.1 Å². The molecule has 2 fully saturated rings. The second-order valence-electron chi connectivity index (χ2n) is 12.3. The molecule has 238 valence electrons. The van der Waals surface area contributed by atoms with Crippen LogP contribution in [-0.2, 0) is 19.0 Å². The summed E-state index contributed by atoms with van der Waals surface area (Å²) in [6.45, 7) is 0.611. The van der Waals surface area contributed by atoms with E-state index in [0.29, 0.717) is 31.6 Å². The Morgan fingerprint density at radius 1 is 1.02 bits per heavy atom. The molecule has 5 heterocycles. The summed E-state index contributed by atoms with van der Waals surface area (Å²) in [5.74, 6) is -2.83. The van der Waals surface area contributed by atoms with Crippen LogP contribution < -0.4 is 11.0 Å². The van der Waals surface area contributed by atoms with Gasteiger partial charge in [-0.3, -0.25) is 9.13 Å². The number of pyridine rings is 1. The Labute approximate surface area is 253 Å². The molecule has 0 radical (unpaired) electrons. The number of aromatic nitrogens is 6. The minimum absolute atomic E-state index is 0.0605. The molecule has 2 aliphatic heterocycles. The van der Waals surface area contributed by atoms with E-state index in [2.05, 4.69) is 20.5 Å². The average Bonchev–Trinajstić information content (AvgIpc) is 3.72. The lowest BCUT2D eigenvalue weighted by Crippen LogP contribution is -2.46. The fourth-order valence-electron chi connectivity index (χ4n) is 7.01. The number of rotatable bonds is 4. The van der Waals surface area contributed by atoms with Crippen molar-refractivity contribution in [3.63, 3.8) is 0 Å². The van der Waals surface area contributed by atoms with Gasteiger partial charge in [0, 0.05) is 44.8 Å². The number of hydrogen-bond acceptors (Lipinski definition) is 5. The van der Waals surface area contributed by atoms with Crippen LogP contribution in [0.15, 0.2) is 41.3 Å². The second-order valence-corrected chi connectivity index (χ2v) is 12.3. The maximum atomic E-state index is 14.9. The number of carbonyl (C=O) groups is 1. The van der Waals surface area contributed by atoms with Crippen molar-refractivity contribution in [2.45, 2.75) is 74.7 Å². The number of hydrogen-bond donors (Lipinski definition) is 1. The van der Waals surface area contributed by atoms with Crippen molar-refractivity contribution in [3.8, 4) is 0 Å².